The number of nitrogens with one attached hydrogen (secondary N) is 1. The predicted octanol–water partition coefficient (Wildman–Crippen LogP) is 7.34. The summed E-state index contributed by atoms with van der Waals surface area (Å²) >= 11 is 6.01. The highest BCUT2D eigenvalue weighted by Crippen LogP contribution is 2.39. The third-order valence-corrected chi connectivity index (χ3v) is 6.07. The largest absolute Gasteiger partial charge is 0.418 e. The van der Waals surface area contributed by atoms with Crippen LogP contribution in [0.1, 0.15) is 15.9 Å². The van der Waals surface area contributed by atoms with Crippen molar-refractivity contribution in [3.8, 4) is 28.2 Å². The minimum Gasteiger partial charge on any atom is -0.351 e. The molecule has 0 fully saturated rings. The SMILES string of the molecule is CN(C)CCNC(=O)c1ccc(-c2ccc(-c3ccc(Cl)cc3)n2-c2ccc(F)cc2C(F)(F)F)cc1.Cl. The number of nitrogens with zero attached hydrogens (tertiary/aromatic N) is 2. The van der Waals surface area contributed by atoms with Crippen LogP contribution in [0.5, 0.6) is 0 Å². The first-order valence-electron chi connectivity index (χ1n) is 11.4. The zero-order valence-corrected chi connectivity index (χ0v) is 22.1. The quantitative estimate of drug-likeness (QED) is 0.238. The van der Waals surface area contributed by atoms with Gasteiger partial charge in [-0.25, -0.2) is 4.39 Å². The Morgan fingerprint density at radius 1 is 0.895 bits per heavy atom. The lowest BCUT2D eigenvalue weighted by Crippen LogP contribution is -2.31. The van der Waals surface area contributed by atoms with Crippen molar-refractivity contribution in [1.82, 2.24) is 14.8 Å². The Bertz CT molecular complexity index is 1400. The van der Waals surface area contributed by atoms with E-state index in [0.29, 0.717) is 52.3 Å². The fourth-order valence-electron chi connectivity index (χ4n) is 3.99. The summed E-state index contributed by atoms with van der Waals surface area (Å²) in [5.74, 6) is -1.23. The number of likely N-dealkylation sites (N-methyl/N-ethyl adjacent to an activating group) is 1. The van der Waals surface area contributed by atoms with E-state index in [1.165, 1.54) is 4.57 Å². The van der Waals surface area contributed by atoms with Crippen LogP contribution < -0.4 is 5.32 Å². The standard InChI is InChI=1S/C28H24ClF4N3O.ClH/c1-35(2)16-15-34-27(37)20-5-3-18(4-6-20)24-13-14-25(19-7-9-21(29)10-8-19)36(24)26-12-11-22(30)17-23(26)28(31,32)33;/h3-14,17H,15-16H2,1-2H3,(H,34,37);1H. The lowest BCUT2D eigenvalue weighted by Gasteiger charge is -2.19. The molecule has 0 radical (unpaired) electrons. The zero-order chi connectivity index (χ0) is 26.7. The Balaban J connectivity index is 0.00000400. The van der Waals surface area contributed by atoms with Crippen molar-refractivity contribution in [2.45, 2.75) is 6.18 Å². The predicted molar refractivity (Wildman–Crippen MR) is 145 cm³/mol. The molecule has 0 spiro atoms. The molecule has 0 bridgehead atoms. The molecule has 0 aliphatic rings. The van der Waals surface area contributed by atoms with Gasteiger partial charge in [-0.3, -0.25) is 4.79 Å². The molecule has 0 saturated heterocycles. The molecule has 200 valence electrons. The van der Waals surface area contributed by atoms with E-state index in [-0.39, 0.29) is 24.0 Å². The normalized spacial score (nSPS) is 11.4. The molecular formula is C28H25Cl2F4N3O. The van der Waals surface area contributed by atoms with E-state index in [1.807, 2.05) is 19.0 Å². The molecule has 1 aromatic heterocycles. The van der Waals surface area contributed by atoms with Gasteiger partial charge in [-0.05, 0) is 79.8 Å². The second kappa shape index (κ2) is 12.0. The molecule has 10 heteroatoms. The fraction of sp³-hybridized carbons (Fsp3) is 0.179. The zero-order valence-electron chi connectivity index (χ0n) is 20.5. The van der Waals surface area contributed by atoms with E-state index in [1.54, 1.807) is 60.7 Å². The third-order valence-electron chi connectivity index (χ3n) is 5.81. The number of rotatable bonds is 7. The van der Waals surface area contributed by atoms with Crippen molar-refractivity contribution in [3.63, 3.8) is 0 Å². The number of hydrogen-bond acceptors (Lipinski definition) is 2. The maximum absolute atomic E-state index is 14.0. The Hall–Kier alpha value is -3.33. The van der Waals surface area contributed by atoms with Crippen LogP contribution in [-0.2, 0) is 6.18 Å². The molecule has 0 saturated carbocycles. The van der Waals surface area contributed by atoms with Crippen molar-refractivity contribution < 1.29 is 22.4 Å². The van der Waals surface area contributed by atoms with Crippen LogP contribution in [0.3, 0.4) is 0 Å². The number of carbonyl (C=O) groups is 1. The van der Waals surface area contributed by atoms with Crippen molar-refractivity contribution in [2.75, 3.05) is 27.2 Å². The minimum absolute atomic E-state index is 0. The topological polar surface area (TPSA) is 37.3 Å². The third kappa shape index (κ3) is 6.56. The van der Waals surface area contributed by atoms with Gasteiger partial charge in [-0.1, -0.05) is 35.9 Å². The van der Waals surface area contributed by atoms with Gasteiger partial charge in [0.25, 0.3) is 5.91 Å². The molecule has 1 N–H and O–H groups in total. The number of carbonyl (C=O) groups excluding carboxylic acids is 1. The highest BCUT2D eigenvalue weighted by Gasteiger charge is 2.35. The number of benzene rings is 3. The molecule has 4 rings (SSSR count). The first-order valence-corrected chi connectivity index (χ1v) is 11.8. The molecule has 1 heterocycles. The summed E-state index contributed by atoms with van der Waals surface area (Å²) in [5, 5.41) is 3.31. The molecule has 0 aliphatic heterocycles. The van der Waals surface area contributed by atoms with Gasteiger partial charge in [0, 0.05) is 23.7 Å². The second-order valence-corrected chi connectivity index (χ2v) is 9.18. The molecule has 3 aromatic carbocycles. The smallest absolute Gasteiger partial charge is 0.351 e. The molecule has 4 aromatic rings. The van der Waals surface area contributed by atoms with Gasteiger partial charge in [0.15, 0.2) is 0 Å². The van der Waals surface area contributed by atoms with E-state index in [0.717, 1.165) is 12.1 Å². The summed E-state index contributed by atoms with van der Waals surface area (Å²) in [6.45, 7) is 1.16. The monoisotopic (exact) mass is 565 g/mol. The lowest BCUT2D eigenvalue weighted by molar-refractivity contribution is -0.137. The Morgan fingerprint density at radius 3 is 1.97 bits per heavy atom. The Kier molecular flexibility index (Phi) is 9.25. The first-order chi connectivity index (χ1) is 17.5. The molecule has 0 atom stereocenters. The van der Waals surface area contributed by atoms with Gasteiger partial charge in [0.05, 0.1) is 22.6 Å². The maximum Gasteiger partial charge on any atom is 0.418 e. The van der Waals surface area contributed by atoms with E-state index in [2.05, 4.69) is 5.32 Å². The van der Waals surface area contributed by atoms with E-state index in [9.17, 15) is 22.4 Å². The van der Waals surface area contributed by atoms with E-state index in [4.69, 9.17) is 11.6 Å². The van der Waals surface area contributed by atoms with Crippen molar-refractivity contribution in [2.24, 2.45) is 0 Å². The van der Waals surface area contributed by atoms with Gasteiger partial charge in [-0.2, -0.15) is 13.2 Å². The summed E-state index contributed by atoms with van der Waals surface area (Å²) in [4.78, 5) is 14.4. The van der Waals surface area contributed by atoms with Gasteiger partial charge < -0.3 is 14.8 Å². The fourth-order valence-corrected chi connectivity index (χ4v) is 4.11. The average molecular weight is 566 g/mol. The van der Waals surface area contributed by atoms with Crippen LogP contribution in [0, 0.1) is 5.82 Å². The molecule has 4 nitrogen and oxygen atoms in total. The van der Waals surface area contributed by atoms with Gasteiger partial charge in [0.2, 0.25) is 0 Å². The van der Waals surface area contributed by atoms with Crippen molar-refractivity contribution in [1.29, 1.82) is 0 Å². The second-order valence-electron chi connectivity index (χ2n) is 8.74. The molecule has 0 unspecified atom stereocenters. The molecule has 38 heavy (non-hydrogen) atoms. The van der Waals surface area contributed by atoms with Gasteiger partial charge >= 0.3 is 6.18 Å². The van der Waals surface area contributed by atoms with Crippen LogP contribution >= 0.6 is 24.0 Å². The maximum atomic E-state index is 14.0. The van der Waals surface area contributed by atoms with E-state index >= 15 is 0 Å². The minimum atomic E-state index is -4.79. The summed E-state index contributed by atoms with van der Waals surface area (Å²) in [6.07, 6.45) is -4.79. The van der Waals surface area contributed by atoms with Crippen LogP contribution in [0.15, 0.2) is 78.9 Å². The van der Waals surface area contributed by atoms with E-state index < -0.39 is 17.6 Å². The number of hydrogen-bond donors (Lipinski definition) is 1. The highest BCUT2D eigenvalue weighted by molar-refractivity contribution is 6.30. The summed E-state index contributed by atoms with van der Waals surface area (Å²) < 4.78 is 57.3. The van der Waals surface area contributed by atoms with Gasteiger partial charge in [0.1, 0.15) is 5.82 Å². The van der Waals surface area contributed by atoms with Crippen molar-refractivity contribution >= 4 is 29.9 Å². The lowest BCUT2D eigenvalue weighted by atomic mass is 10.1. The average Bonchev–Trinajstić information content (AvgIpc) is 3.28. The summed E-state index contributed by atoms with van der Waals surface area (Å²) in [7, 11) is 3.80. The van der Waals surface area contributed by atoms with Crippen LogP contribution in [0.2, 0.25) is 5.02 Å². The number of aromatic nitrogens is 1. The number of alkyl halides is 3. The van der Waals surface area contributed by atoms with Crippen LogP contribution in [-0.4, -0.2) is 42.6 Å². The molecule has 1 amide bonds. The number of amides is 1. The van der Waals surface area contributed by atoms with Gasteiger partial charge in [-0.15, -0.1) is 12.4 Å². The number of halogens is 6. The molecule has 0 aliphatic carbocycles. The first kappa shape index (κ1) is 29.2. The van der Waals surface area contributed by atoms with Crippen LogP contribution in [0.4, 0.5) is 17.6 Å². The summed E-state index contributed by atoms with van der Waals surface area (Å²) in [5.41, 5.74) is 1.24. The molecular weight excluding hydrogens is 541 g/mol. The highest BCUT2D eigenvalue weighted by atomic mass is 35.5. The Labute approximate surface area is 229 Å². The Morgan fingerprint density at radius 2 is 1.45 bits per heavy atom. The summed E-state index contributed by atoms with van der Waals surface area (Å²) in [6, 6.07) is 19.3. The van der Waals surface area contributed by atoms with Crippen LogP contribution in [0.25, 0.3) is 28.2 Å². The van der Waals surface area contributed by atoms with Crippen molar-refractivity contribution in [3.05, 3.63) is 101 Å².